The van der Waals surface area contributed by atoms with Gasteiger partial charge >= 0.3 is 0 Å². The Labute approximate surface area is 136 Å². The zero-order valence-corrected chi connectivity index (χ0v) is 14.6. The van der Waals surface area contributed by atoms with Crippen LogP contribution in [0.2, 0.25) is 0 Å². The van der Waals surface area contributed by atoms with Gasteiger partial charge in [-0.25, -0.2) is 8.78 Å². The minimum atomic E-state index is -0.451. The van der Waals surface area contributed by atoms with Crippen LogP contribution < -0.4 is 5.32 Å². The van der Waals surface area contributed by atoms with Crippen LogP contribution in [0.5, 0.6) is 0 Å². The Bertz CT molecular complexity index is 625. The van der Waals surface area contributed by atoms with E-state index >= 15 is 0 Å². The highest BCUT2D eigenvalue weighted by atomic mass is 79.9. The van der Waals surface area contributed by atoms with Crippen molar-refractivity contribution in [3.05, 3.63) is 45.2 Å². The van der Waals surface area contributed by atoms with Gasteiger partial charge in [-0.05, 0) is 52.7 Å². The Morgan fingerprint density at radius 1 is 1.19 bits per heavy atom. The van der Waals surface area contributed by atoms with Crippen LogP contribution >= 0.6 is 27.3 Å². The summed E-state index contributed by atoms with van der Waals surface area (Å²) in [5, 5.41) is 3.43. The van der Waals surface area contributed by atoms with Crippen LogP contribution in [-0.2, 0) is 0 Å². The van der Waals surface area contributed by atoms with E-state index in [1.165, 1.54) is 23.5 Å². The van der Waals surface area contributed by atoms with Gasteiger partial charge in [0.25, 0.3) is 0 Å². The number of nitrogens with one attached hydrogen (secondary N) is 1. The third kappa shape index (κ3) is 3.71. The monoisotopic (exact) mass is 373 g/mol. The van der Waals surface area contributed by atoms with Crippen molar-refractivity contribution in [1.29, 1.82) is 0 Å². The average Bonchev–Trinajstić information content (AvgIpc) is 2.89. The summed E-state index contributed by atoms with van der Waals surface area (Å²) >= 11 is 4.51. The molecule has 21 heavy (non-hydrogen) atoms. The molecule has 1 heterocycles. The molecular weight excluding hydrogens is 356 g/mol. The Kier molecular flexibility index (Phi) is 5.52. The lowest BCUT2D eigenvalue weighted by Crippen LogP contribution is -2.24. The first-order valence-electron chi connectivity index (χ1n) is 6.92. The van der Waals surface area contributed by atoms with E-state index in [-0.39, 0.29) is 10.5 Å². The van der Waals surface area contributed by atoms with Crippen LogP contribution in [0, 0.1) is 17.6 Å². The predicted molar refractivity (Wildman–Crippen MR) is 88.6 cm³/mol. The molecule has 1 nitrogen and oxygen atoms in total. The van der Waals surface area contributed by atoms with Crippen molar-refractivity contribution in [3.8, 4) is 10.4 Å². The largest absolute Gasteiger partial charge is 0.309 e. The zero-order valence-electron chi connectivity index (χ0n) is 12.2. The SMILES string of the molecule is CCNC(c1ccc(-c2cc(F)c(Br)cc2F)s1)C(C)C. The van der Waals surface area contributed by atoms with E-state index in [0.29, 0.717) is 11.5 Å². The van der Waals surface area contributed by atoms with Crippen molar-refractivity contribution >= 4 is 27.3 Å². The molecule has 2 rings (SSSR count). The van der Waals surface area contributed by atoms with Crippen LogP contribution in [0.25, 0.3) is 10.4 Å². The molecule has 114 valence electrons. The van der Waals surface area contributed by atoms with E-state index in [0.717, 1.165) is 16.3 Å². The maximum absolute atomic E-state index is 14.0. The van der Waals surface area contributed by atoms with Crippen molar-refractivity contribution in [2.75, 3.05) is 6.54 Å². The van der Waals surface area contributed by atoms with Crippen molar-refractivity contribution in [1.82, 2.24) is 5.32 Å². The zero-order chi connectivity index (χ0) is 15.6. The third-order valence-electron chi connectivity index (χ3n) is 3.30. The highest BCUT2D eigenvalue weighted by molar-refractivity contribution is 9.10. The van der Waals surface area contributed by atoms with Gasteiger partial charge in [-0.1, -0.05) is 20.8 Å². The van der Waals surface area contributed by atoms with Gasteiger partial charge in [0.05, 0.1) is 4.47 Å². The normalized spacial score (nSPS) is 12.9. The second-order valence-corrected chi connectivity index (χ2v) is 7.20. The fraction of sp³-hybridized carbons (Fsp3) is 0.375. The molecule has 1 N–H and O–H groups in total. The molecule has 0 spiro atoms. The molecule has 1 aromatic carbocycles. The molecule has 0 aliphatic carbocycles. The van der Waals surface area contributed by atoms with E-state index in [9.17, 15) is 8.78 Å². The summed E-state index contributed by atoms with van der Waals surface area (Å²) in [7, 11) is 0. The minimum Gasteiger partial charge on any atom is -0.309 e. The smallest absolute Gasteiger partial charge is 0.138 e. The van der Waals surface area contributed by atoms with Crippen molar-refractivity contribution in [3.63, 3.8) is 0 Å². The van der Waals surface area contributed by atoms with Crippen molar-refractivity contribution < 1.29 is 8.78 Å². The molecular formula is C16H18BrF2NS. The fourth-order valence-corrected chi connectivity index (χ4v) is 3.85. The van der Waals surface area contributed by atoms with Gasteiger partial charge in [0.2, 0.25) is 0 Å². The summed E-state index contributed by atoms with van der Waals surface area (Å²) in [6.07, 6.45) is 0. The number of rotatable bonds is 5. The molecule has 0 bridgehead atoms. The van der Waals surface area contributed by atoms with Crippen LogP contribution in [0.15, 0.2) is 28.7 Å². The molecule has 5 heteroatoms. The number of hydrogen-bond acceptors (Lipinski definition) is 2. The molecule has 0 saturated heterocycles. The van der Waals surface area contributed by atoms with E-state index in [1.54, 1.807) is 0 Å². The second-order valence-electron chi connectivity index (χ2n) is 5.23. The fourth-order valence-electron chi connectivity index (χ4n) is 2.26. The van der Waals surface area contributed by atoms with Gasteiger partial charge in [-0.15, -0.1) is 11.3 Å². The molecule has 1 atom stereocenters. The first kappa shape index (κ1) is 16.6. The second kappa shape index (κ2) is 6.99. The Balaban J connectivity index is 2.37. The number of hydrogen-bond donors (Lipinski definition) is 1. The van der Waals surface area contributed by atoms with Crippen LogP contribution in [-0.4, -0.2) is 6.54 Å². The topological polar surface area (TPSA) is 12.0 Å². The molecule has 0 saturated carbocycles. The molecule has 1 unspecified atom stereocenters. The highest BCUT2D eigenvalue weighted by Crippen LogP contribution is 2.36. The van der Waals surface area contributed by atoms with Gasteiger partial charge in [0.15, 0.2) is 0 Å². The lowest BCUT2D eigenvalue weighted by molar-refractivity contribution is 0.428. The third-order valence-corrected chi connectivity index (χ3v) is 5.11. The summed E-state index contributed by atoms with van der Waals surface area (Å²) in [5.41, 5.74) is 0.311. The van der Waals surface area contributed by atoms with Gasteiger partial charge in [-0.2, -0.15) is 0 Å². The Morgan fingerprint density at radius 2 is 1.90 bits per heavy atom. The summed E-state index contributed by atoms with van der Waals surface area (Å²) in [6.45, 7) is 7.23. The molecule has 0 amide bonds. The van der Waals surface area contributed by atoms with E-state index < -0.39 is 11.6 Å². The van der Waals surface area contributed by atoms with Crippen LogP contribution in [0.3, 0.4) is 0 Å². The molecule has 2 aromatic rings. The molecule has 1 aromatic heterocycles. The van der Waals surface area contributed by atoms with E-state index in [2.05, 4.69) is 42.0 Å². The summed E-state index contributed by atoms with van der Waals surface area (Å²) in [5.74, 6) is -0.433. The molecule has 0 aliphatic heterocycles. The lowest BCUT2D eigenvalue weighted by atomic mass is 10.0. The van der Waals surface area contributed by atoms with Gasteiger partial charge in [-0.3, -0.25) is 0 Å². The summed E-state index contributed by atoms with van der Waals surface area (Å²) in [4.78, 5) is 1.89. The highest BCUT2D eigenvalue weighted by Gasteiger charge is 2.18. The standard InChI is InChI=1S/C16H18BrF2NS/c1-4-20-16(9(2)3)15-6-5-14(21-15)10-7-13(19)11(17)8-12(10)18/h5-9,16,20H,4H2,1-3H3. The molecule has 0 fully saturated rings. The Morgan fingerprint density at radius 3 is 2.52 bits per heavy atom. The van der Waals surface area contributed by atoms with Gasteiger partial charge in [0, 0.05) is 21.4 Å². The van der Waals surface area contributed by atoms with Crippen LogP contribution in [0.1, 0.15) is 31.7 Å². The van der Waals surface area contributed by atoms with E-state index in [1.807, 2.05) is 12.1 Å². The van der Waals surface area contributed by atoms with Crippen molar-refractivity contribution in [2.45, 2.75) is 26.8 Å². The van der Waals surface area contributed by atoms with E-state index in [4.69, 9.17) is 0 Å². The maximum atomic E-state index is 14.0. The number of benzene rings is 1. The first-order chi connectivity index (χ1) is 9.93. The van der Waals surface area contributed by atoms with Gasteiger partial charge in [0.1, 0.15) is 11.6 Å². The summed E-state index contributed by atoms with van der Waals surface area (Å²) < 4.78 is 27.8. The predicted octanol–water partition coefficient (Wildman–Crippen LogP) is 5.76. The van der Waals surface area contributed by atoms with Crippen LogP contribution in [0.4, 0.5) is 8.78 Å². The summed E-state index contributed by atoms with van der Waals surface area (Å²) in [6, 6.07) is 6.50. The minimum absolute atomic E-state index is 0.147. The molecule has 0 radical (unpaired) electrons. The quantitative estimate of drug-likeness (QED) is 0.656. The Hall–Kier alpha value is -0.780. The first-order valence-corrected chi connectivity index (χ1v) is 8.53. The number of thiophene rings is 1. The lowest BCUT2D eigenvalue weighted by Gasteiger charge is -2.20. The molecule has 0 aliphatic rings. The maximum Gasteiger partial charge on any atom is 0.138 e. The van der Waals surface area contributed by atoms with Gasteiger partial charge < -0.3 is 5.32 Å². The average molecular weight is 374 g/mol. The van der Waals surface area contributed by atoms with Crippen molar-refractivity contribution in [2.24, 2.45) is 5.92 Å². The number of halogens is 3.